The maximum absolute atomic E-state index is 5.72. The Kier molecular flexibility index (Phi) is 5.76. The third-order valence-electron chi connectivity index (χ3n) is 2.64. The second-order valence-corrected chi connectivity index (χ2v) is 4.99. The number of benzene rings is 1. The van der Waals surface area contributed by atoms with Crippen molar-refractivity contribution < 1.29 is 4.74 Å². The highest BCUT2D eigenvalue weighted by Crippen LogP contribution is 2.19. The average Bonchev–Trinajstić information content (AvgIpc) is 2.25. The predicted octanol–water partition coefficient (Wildman–Crippen LogP) is 3.00. The SMILES string of the molecule is CC1CNC(Cc2ccccc2Br)OC1.Cl. The monoisotopic (exact) mass is 305 g/mol. The van der Waals surface area contributed by atoms with Gasteiger partial charge in [-0.05, 0) is 17.5 Å². The zero-order valence-corrected chi connectivity index (χ0v) is 11.7. The van der Waals surface area contributed by atoms with Crippen LogP contribution in [0.4, 0.5) is 0 Å². The Morgan fingerprint density at radius 1 is 1.44 bits per heavy atom. The largest absolute Gasteiger partial charge is 0.363 e. The van der Waals surface area contributed by atoms with Gasteiger partial charge in [-0.2, -0.15) is 0 Å². The van der Waals surface area contributed by atoms with E-state index >= 15 is 0 Å². The molecule has 0 saturated carbocycles. The van der Waals surface area contributed by atoms with E-state index in [0.29, 0.717) is 5.92 Å². The zero-order chi connectivity index (χ0) is 10.7. The number of hydrogen-bond donors (Lipinski definition) is 1. The quantitative estimate of drug-likeness (QED) is 0.907. The van der Waals surface area contributed by atoms with Gasteiger partial charge >= 0.3 is 0 Å². The molecule has 1 saturated heterocycles. The summed E-state index contributed by atoms with van der Waals surface area (Å²) in [5.74, 6) is 0.625. The van der Waals surface area contributed by atoms with E-state index in [9.17, 15) is 0 Å². The van der Waals surface area contributed by atoms with Crippen LogP contribution in [0, 0.1) is 5.92 Å². The molecule has 1 aliphatic rings. The molecular formula is C12H17BrClNO. The molecule has 0 radical (unpaired) electrons. The van der Waals surface area contributed by atoms with Crippen LogP contribution in [0.2, 0.25) is 0 Å². The summed E-state index contributed by atoms with van der Waals surface area (Å²) in [6, 6.07) is 8.30. The average molecular weight is 307 g/mol. The lowest BCUT2D eigenvalue weighted by molar-refractivity contribution is -0.0228. The molecule has 2 rings (SSSR count). The number of rotatable bonds is 2. The second-order valence-electron chi connectivity index (χ2n) is 4.13. The number of hydrogen-bond acceptors (Lipinski definition) is 2. The Morgan fingerprint density at radius 2 is 2.19 bits per heavy atom. The van der Waals surface area contributed by atoms with Crippen LogP contribution in [0.5, 0.6) is 0 Å². The lowest BCUT2D eigenvalue weighted by Crippen LogP contribution is -2.43. The summed E-state index contributed by atoms with van der Waals surface area (Å²) in [6.45, 7) is 4.11. The van der Waals surface area contributed by atoms with Crippen LogP contribution in [-0.2, 0) is 11.2 Å². The van der Waals surface area contributed by atoms with Crippen LogP contribution in [0.25, 0.3) is 0 Å². The normalized spacial score (nSPS) is 24.9. The van der Waals surface area contributed by atoms with Gasteiger partial charge in [0.05, 0.1) is 6.61 Å². The minimum Gasteiger partial charge on any atom is -0.363 e. The van der Waals surface area contributed by atoms with Crippen molar-refractivity contribution in [2.45, 2.75) is 19.6 Å². The molecule has 16 heavy (non-hydrogen) atoms. The molecule has 1 aromatic carbocycles. The molecule has 1 aliphatic heterocycles. The number of ether oxygens (including phenoxy) is 1. The molecule has 90 valence electrons. The van der Waals surface area contributed by atoms with Crippen LogP contribution < -0.4 is 5.32 Å². The van der Waals surface area contributed by atoms with Gasteiger partial charge in [-0.15, -0.1) is 12.4 Å². The summed E-state index contributed by atoms with van der Waals surface area (Å²) in [5, 5.41) is 3.40. The first-order valence-corrected chi connectivity index (χ1v) is 6.13. The fourth-order valence-electron chi connectivity index (χ4n) is 1.73. The van der Waals surface area contributed by atoms with Gasteiger partial charge < -0.3 is 4.74 Å². The highest BCUT2D eigenvalue weighted by Gasteiger charge is 2.18. The van der Waals surface area contributed by atoms with Crippen molar-refractivity contribution in [2.75, 3.05) is 13.2 Å². The highest BCUT2D eigenvalue weighted by atomic mass is 79.9. The van der Waals surface area contributed by atoms with Crippen LogP contribution in [-0.4, -0.2) is 19.4 Å². The maximum Gasteiger partial charge on any atom is 0.112 e. The summed E-state index contributed by atoms with van der Waals surface area (Å²) >= 11 is 3.55. The van der Waals surface area contributed by atoms with Crippen molar-refractivity contribution in [3.63, 3.8) is 0 Å². The molecule has 2 atom stereocenters. The van der Waals surface area contributed by atoms with Crippen LogP contribution in [0.1, 0.15) is 12.5 Å². The molecular weight excluding hydrogens is 289 g/mol. The molecule has 0 aliphatic carbocycles. The van der Waals surface area contributed by atoms with Crippen molar-refractivity contribution >= 4 is 28.3 Å². The first kappa shape index (κ1) is 14.0. The topological polar surface area (TPSA) is 21.3 Å². The van der Waals surface area contributed by atoms with Gasteiger partial charge in [0.15, 0.2) is 0 Å². The summed E-state index contributed by atoms with van der Waals surface area (Å²) in [7, 11) is 0. The van der Waals surface area contributed by atoms with Crippen LogP contribution >= 0.6 is 28.3 Å². The number of nitrogens with one attached hydrogen (secondary N) is 1. The lowest BCUT2D eigenvalue weighted by atomic mass is 10.1. The Balaban J connectivity index is 0.00000128. The van der Waals surface area contributed by atoms with Crippen molar-refractivity contribution in [3.8, 4) is 0 Å². The third-order valence-corrected chi connectivity index (χ3v) is 3.41. The maximum atomic E-state index is 5.72. The Morgan fingerprint density at radius 3 is 2.81 bits per heavy atom. The molecule has 1 N–H and O–H groups in total. The van der Waals surface area contributed by atoms with E-state index < -0.39 is 0 Å². The van der Waals surface area contributed by atoms with Crippen molar-refractivity contribution in [3.05, 3.63) is 34.3 Å². The molecule has 2 nitrogen and oxygen atoms in total. The molecule has 0 amide bonds. The molecule has 1 heterocycles. The van der Waals surface area contributed by atoms with E-state index in [4.69, 9.17) is 4.74 Å². The van der Waals surface area contributed by atoms with Gasteiger partial charge in [-0.25, -0.2) is 0 Å². The van der Waals surface area contributed by atoms with Gasteiger partial charge in [-0.1, -0.05) is 41.1 Å². The minimum absolute atomic E-state index is 0. The second kappa shape index (κ2) is 6.60. The van der Waals surface area contributed by atoms with Crippen molar-refractivity contribution in [1.29, 1.82) is 0 Å². The molecule has 1 fully saturated rings. The highest BCUT2D eigenvalue weighted by molar-refractivity contribution is 9.10. The first-order valence-electron chi connectivity index (χ1n) is 5.34. The van der Waals surface area contributed by atoms with Gasteiger partial charge in [0.1, 0.15) is 6.23 Å². The lowest BCUT2D eigenvalue weighted by Gasteiger charge is -2.28. The van der Waals surface area contributed by atoms with E-state index in [1.54, 1.807) is 0 Å². The number of halogens is 2. The standard InChI is InChI=1S/C12H16BrNO.ClH/c1-9-7-14-12(15-8-9)6-10-4-2-3-5-11(10)13;/h2-5,9,12,14H,6-8H2,1H3;1H. The van der Waals surface area contributed by atoms with E-state index in [2.05, 4.69) is 46.4 Å². The van der Waals surface area contributed by atoms with E-state index in [-0.39, 0.29) is 18.6 Å². The van der Waals surface area contributed by atoms with Crippen molar-refractivity contribution in [1.82, 2.24) is 5.32 Å². The molecule has 0 bridgehead atoms. The molecule has 0 aromatic heterocycles. The smallest absolute Gasteiger partial charge is 0.112 e. The van der Waals surface area contributed by atoms with Gasteiger partial charge in [-0.3, -0.25) is 5.32 Å². The Bertz CT molecular complexity index is 327. The van der Waals surface area contributed by atoms with Gasteiger partial charge in [0, 0.05) is 17.4 Å². The third kappa shape index (κ3) is 3.74. The van der Waals surface area contributed by atoms with Gasteiger partial charge in [0.2, 0.25) is 0 Å². The van der Waals surface area contributed by atoms with E-state index in [0.717, 1.165) is 24.0 Å². The van der Waals surface area contributed by atoms with Crippen LogP contribution in [0.3, 0.4) is 0 Å². The molecule has 4 heteroatoms. The summed E-state index contributed by atoms with van der Waals surface area (Å²) in [4.78, 5) is 0. The fraction of sp³-hybridized carbons (Fsp3) is 0.500. The van der Waals surface area contributed by atoms with Crippen molar-refractivity contribution in [2.24, 2.45) is 5.92 Å². The summed E-state index contributed by atoms with van der Waals surface area (Å²) < 4.78 is 6.88. The van der Waals surface area contributed by atoms with Crippen LogP contribution in [0.15, 0.2) is 28.7 Å². The molecule has 1 aromatic rings. The minimum atomic E-state index is 0. The zero-order valence-electron chi connectivity index (χ0n) is 9.28. The van der Waals surface area contributed by atoms with E-state index in [1.165, 1.54) is 5.56 Å². The first-order chi connectivity index (χ1) is 7.25. The fourth-order valence-corrected chi connectivity index (χ4v) is 2.17. The van der Waals surface area contributed by atoms with Gasteiger partial charge in [0.25, 0.3) is 0 Å². The summed E-state index contributed by atoms with van der Waals surface area (Å²) in [5.41, 5.74) is 1.30. The molecule has 2 unspecified atom stereocenters. The van der Waals surface area contributed by atoms with E-state index in [1.807, 2.05) is 6.07 Å². The summed E-state index contributed by atoms with van der Waals surface area (Å²) in [6.07, 6.45) is 1.09. The Labute approximate surface area is 111 Å². The Hall–Kier alpha value is -0.0900. The molecule has 0 spiro atoms. The predicted molar refractivity (Wildman–Crippen MR) is 72.0 cm³/mol.